The Morgan fingerprint density at radius 2 is 2.04 bits per heavy atom. The molecule has 0 aliphatic heterocycles. The van der Waals surface area contributed by atoms with Gasteiger partial charge in [-0.25, -0.2) is 9.38 Å². The summed E-state index contributed by atoms with van der Waals surface area (Å²) in [6.07, 6.45) is 1.86. The van der Waals surface area contributed by atoms with E-state index in [1.807, 2.05) is 55.5 Å². The number of hydrogen-bond donors (Lipinski definition) is 0. The second-order valence-electron chi connectivity index (χ2n) is 5.48. The van der Waals surface area contributed by atoms with Crippen molar-refractivity contribution in [2.45, 2.75) is 6.92 Å². The SMILES string of the molecule is CCOc1ccc(C=c2sc3nc4ccccc4n3c2=O)cc1OC. The number of para-hydroxylation sites is 2. The van der Waals surface area contributed by atoms with Crippen LogP contribution in [0.15, 0.2) is 47.3 Å². The minimum absolute atomic E-state index is 0.0541. The van der Waals surface area contributed by atoms with E-state index < -0.39 is 0 Å². The molecule has 0 fully saturated rings. The van der Waals surface area contributed by atoms with Gasteiger partial charge in [0.05, 0.1) is 29.3 Å². The summed E-state index contributed by atoms with van der Waals surface area (Å²) in [5, 5.41) is 0. The lowest BCUT2D eigenvalue weighted by Crippen LogP contribution is -2.22. The third kappa shape index (κ3) is 2.64. The van der Waals surface area contributed by atoms with E-state index >= 15 is 0 Å². The first-order valence-corrected chi connectivity index (χ1v) is 8.75. The van der Waals surface area contributed by atoms with E-state index in [-0.39, 0.29) is 5.56 Å². The number of aromatic nitrogens is 2. The van der Waals surface area contributed by atoms with Crippen LogP contribution in [-0.2, 0) is 0 Å². The van der Waals surface area contributed by atoms with Gasteiger partial charge in [0.15, 0.2) is 16.5 Å². The van der Waals surface area contributed by atoms with Crippen LogP contribution in [0.3, 0.4) is 0 Å². The van der Waals surface area contributed by atoms with Crippen molar-refractivity contribution in [2.75, 3.05) is 13.7 Å². The Morgan fingerprint density at radius 1 is 1.20 bits per heavy atom. The van der Waals surface area contributed by atoms with Crippen LogP contribution in [0.5, 0.6) is 11.5 Å². The van der Waals surface area contributed by atoms with E-state index in [2.05, 4.69) is 4.98 Å². The molecule has 4 rings (SSSR count). The second-order valence-corrected chi connectivity index (χ2v) is 6.49. The van der Waals surface area contributed by atoms with Crippen molar-refractivity contribution < 1.29 is 9.47 Å². The molecule has 126 valence electrons. The summed E-state index contributed by atoms with van der Waals surface area (Å²) in [5.41, 5.74) is 2.50. The number of imidazole rings is 1. The molecule has 2 aromatic carbocycles. The van der Waals surface area contributed by atoms with Crippen molar-refractivity contribution >= 4 is 33.4 Å². The molecule has 2 aromatic heterocycles. The third-order valence-electron chi connectivity index (χ3n) is 3.93. The second kappa shape index (κ2) is 6.22. The van der Waals surface area contributed by atoms with Crippen molar-refractivity contribution in [2.24, 2.45) is 0 Å². The Bertz CT molecular complexity index is 1180. The quantitative estimate of drug-likeness (QED) is 0.567. The van der Waals surface area contributed by atoms with Crippen LogP contribution in [0.25, 0.3) is 22.1 Å². The van der Waals surface area contributed by atoms with Crippen molar-refractivity contribution in [3.05, 3.63) is 62.9 Å². The molecule has 0 amide bonds. The summed E-state index contributed by atoms with van der Waals surface area (Å²) in [5.74, 6) is 1.34. The fraction of sp³-hybridized carbons (Fsp3) is 0.158. The zero-order valence-electron chi connectivity index (χ0n) is 13.9. The molecule has 0 radical (unpaired) electrons. The fourth-order valence-electron chi connectivity index (χ4n) is 2.81. The Hall–Kier alpha value is -2.86. The molecule has 0 aliphatic carbocycles. The first-order chi connectivity index (χ1) is 12.2. The van der Waals surface area contributed by atoms with Crippen LogP contribution >= 0.6 is 11.3 Å². The standard InChI is InChI=1S/C19H16N2O3S/c1-3-24-15-9-8-12(10-16(15)23-2)11-17-18(22)21-14-7-5-4-6-13(14)20-19(21)25-17/h4-11H,3H2,1-2H3. The third-order valence-corrected chi connectivity index (χ3v) is 4.90. The Kier molecular flexibility index (Phi) is 3.89. The molecule has 0 atom stereocenters. The van der Waals surface area contributed by atoms with Gasteiger partial charge in [-0.1, -0.05) is 29.5 Å². The highest BCUT2D eigenvalue weighted by Gasteiger charge is 2.11. The van der Waals surface area contributed by atoms with Gasteiger partial charge >= 0.3 is 0 Å². The predicted octanol–water partition coefficient (Wildman–Crippen LogP) is 2.86. The topological polar surface area (TPSA) is 52.8 Å². The van der Waals surface area contributed by atoms with Gasteiger partial charge in [0.25, 0.3) is 5.56 Å². The first kappa shape index (κ1) is 15.7. The molecule has 5 nitrogen and oxygen atoms in total. The zero-order valence-corrected chi connectivity index (χ0v) is 14.7. The van der Waals surface area contributed by atoms with Crippen molar-refractivity contribution in [3.63, 3.8) is 0 Å². The molecule has 0 saturated carbocycles. The monoisotopic (exact) mass is 352 g/mol. The minimum atomic E-state index is -0.0541. The van der Waals surface area contributed by atoms with Crippen LogP contribution in [-0.4, -0.2) is 23.1 Å². The molecule has 25 heavy (non-hydrogen) atoms. The Labute approximate surface area is 147 Å². The summed E-state index contributed by atoms with van der Waals surface area (Å²) >= 11 is 1.38. The summed E-state index contributed by atoms with van der Waals surface area (Å²) in [7, 11) is 1.60. The van der Waals surface area contributed by atoms with Gasteiger partial charge in [-0.2, -0.15) is 0 Å². The zero-order chi connectivity index (χ0) is 17.4. The molecule has 0 spiro atoms. The van der Waals surface area contributed by atoms with E-state index in [1.54, 1.807) is 11.5 Å². The van der Waals surface area contributed by atoms with Crippen LogP contribution < -0.4 is 19.6 Å². The van der Waals surface area contributed by atoms with Gasteiger partial charge in [-0.05, 0) is 42.8 Å². The molecule has 0 unspecified atom stereocenters. The fourth-order valence-corrected chi connectivity index (χ4v) is 3.80. The summed E-state index contributed by atoms with van der Waals surface area (Å²) in [4.78, 5) is 18.0. The van der Waals surface area contributed by atoms with Gasteiger partial charge in [-0.15, -0.1) is 0 Å². The maximum atomic E-state index is 12.8. The normalized spacial score (nSPS) is 12.2. The lowest BCUT2D eigenvalue weighted by molar-refractivity contribution is 0.311. The summed E-state index contributed by atoms with van der Waals surface area (Å²) in [6.45, 7) is 2.49. The van der Waals surface area contributed by atoms with Gasteiger partial charge in [-0.3, -0.25) is 4.79 Å². The maximum Gasteiger partial charge on any atom is 0.274 e. The van der Waals surface area contributed by atoms with E-state index in [0.29, 0.717) is 27.6 Å². The number of fused-ring (bicyclic) bond motifs is 3. The predicted molar refractivity (Wildman–Crippen MR) is 99.8 cm³/mol. The van der Waals surface area contributed by atoms with Crippen LogP contribution in [0.1, 0.15) is 12.5 Å². The Balaban J connectivity index is 1.87. The largest absolute Gasteiger partial charge is 0.493 e. The molecule has 0 N–H and O–H groups in total. The van der Waals surface area contributed by atoms with Gasteiger partial charge in [0, 0.05) is 0 Å². The highest BCUT2D eigenvalue weighted by molar-refractivity contribution is 7.15. The average molecular weight is 352 g/mol. The van der Waals surface area contributed by atoms with Gasteiger partial charge in [0.1, 0.15) is 0 Å². The smallest absolute Gasteiger partial charge is 0.274 e. The Morgan fingerprint density at radius 3 is 2.84 bits per heavy atom. The first-order valence-electron chi connectivity index (χ1n) is 7.94. The van der Waals surface area contributed by atoms with Gasteiger partial charge < -0.3 is 9.47 Å². The van der Waals surface area contributed by atoms with Crippen molar-refractivity contribution in [1.29, 1.82) is 0 Å². The molecule has 0 bridgehead atoms. The summed E-state index contributed by atoms with van der Waals surface area (Å²) < 4.78 is 13.2. The van der Waals surface area contributed by atoms with E-state index in [4.69, 9.17) is 9.47 Å². The lowest BCUT2D eigenvalue weighted by atomic mass is 10.2. The number of benzene rings is 2. The van der Waals surface area contributed by atoms with Crippen molar-refractivity contribution in [3.8, 4) is 11.5 Å². The molecule has 4 aromatic rings. The van der Waals surface area contributed by atoms with E-state index in [1.165, 1.54) is 11.3 Å². The average Bonchev–Trinajstić information content (AvgIpc) is 3.13. The molecular formula is C19H16N2O3S. The highest BCUT2D eigenvalue weighted by Crippen LogP contribution is 2.28. The van der Waals surface area contributed by atoms with Crippen LogP contribution in [0.4, 0.5) is 0 Å². The molecular weight excluding hydrogens is 336 g/mol. The van der Waals surface area contributed by atoms with Gasteiger partial charge in [0.2, 0.25) is 0 Å². The van der Waals surface area contributed by atoms with Crippen LogP contribution in [0.2, 0.25) is 0 Å². The molecule has 2 heterocycles. The van der Waals surface area contributed by atoms with Crippen molar-refractivity contribution in [1.82, 2.24) is 9.38 Å². The minimum Gasteiger partial charge on any atom is -0.493 e. The number of ether oxygens (including phenoxy) is 2. The number of rotatable bonds is 4. The molecule has 0 saturated heterocycles. The van der Waals surface area contributed by atoms with E-state index in [9.17, 15) is 4.79 Å². The molecule has 6 heteroatoms. The lowest BCUT2D eigenvalue weighted by Gasteiger charge is -2.09. The molecule has 0 aliphatic rings. The number of nitrogens with zero attached hydrogens (tertiary/aromatic N) is 2. The summed E-state index contributed by atoms with van der Waals surface area (Å²) in [6, 6.07) is 13.3. The maximum absolute atomic E-state index is 12.8. The number of thiazole rings is 1. The highest BCUT2D eigenvalue weighted by atomic mass is 32.1. The van der Waals surface area contributed by atoms with E-state index in [0.717, 1.165) is 16.6 Å². The van der Waals surface area contributed by atoms with Crippen LogP contribution in [0, 0.1) is 0 Å². The number of hydrogen-bond acceptors (Lipinski definition) is 5. The number of methoxy groups -OCH3 is 1.